The van der Waals surface area contributed by atoms with E-state index in [1.807, 2.05) is 0 Å². The molecule has 1 saturated heterocycles. The third-order valence-corrected chi connectivity index (χ3v) is 3.52. The average molecular weight is 300 g/mol. The molecule has 0 atom stereocenters. The Hall–Kier alpha value is -0.420. The second-order valence-electron chi connectivity index (χ2n) is 4.18. The van der Waals surface area contributed by atoms with Crippen LogP contribution in [0.5, 0.6) is 0 Å². The summed E-state index contributed by atoms with van der Waals surface area (Å²) in [6.45, 7) is 6.12. The number of benzene rings is 1. The summed E-state index contributed by atoms with van der Waals surface area (Å²) in [6.07, 6.45) is 0.281. The molecule has 1 aliphatic rings. The highest BCUT2D eigenvalue weighted by Crippen LogP contribution is 2.21. The van der Waals surface area contributed by atoms with Crippen molar-refractivity contribution in [1.82, 2.24) is 5.32 Å². The minimum atomic E-state index is 0.281. The molecule has 1 N–H and O–H groups in total. The molecule has 0 bridgehead atoms. The maximum Gasteiger partial charge on any atom is 0.105 e. The molecular weight excluding hydrogens is 282 g/mol. The van der Waals surface area contributed by atoms with E-state index >= 15 is 0 Å². The topological polar surface area (TPSA) is 30.5 Å². The molecule has 1 heterocycles. The summed E-state index contributed by atoms with van der Waals surface area (Å²) in [7, 11) is 0. The van der Waals surface area contributed by atoms with Crippen LogP contribution in [-0.2, 0) is 22.6 Å². The SMILES string of the molecule is CCNCc1ccc(COC2COC2)c(Br)c1. The maximum absolute atomic E-state index is 5.70. The van der Waals surface area contributed by atoms with Crippen molar-refractivity contribution in [2.75, 3.05) is 19.8 Å². The summed E-state index contributed by atoms with van der Waals surface area (Å²) in [5.41, 5.74) is 2.48. The molecule has 0 aromatic heterocycles. The number of hydrogen-bond donors (Lipinski definition) is 1. The molecule has 0 spiro atoms. The van der Waals surface area contributed by atoms with Crippen LogP contribution in [-0.4, -0.2) is 25.9 Å². The zero-order valence-corrected chi connectivity index (χ0v) is 11.6. The number of rotatable bonds is 6. The van der Waals surface area contributed by atoms with E-state index < -0.39 is 0 Å². The van der Waals surface area contributed by atoms with Crippen LogP contribution in [0.1, 0.15) is 18.1 Å². The Morgan fingerprint density at radius 2 is 2.29 bits per heavy atom. The standard InChI is InChI=1S/C13H18BrNO2/c1-2-15-6-10-3-4-11(13(14)5-10)7-17-12-8-16-9-12/h3-5,12,15H,2,6-9H2,1H3. The number of nitrogens with one attached hydrogen (secondary N) is 1. The highest BCUT2D eigenvalue weighted by molar-refractivity contribution is 9.10. The van der Waals surface area contributed by atoms with Crippen LogP contribution >= 0.6 is 15.9 Å². The number of hydrogen-bond acceptors (Lipinski definition) is 3. The predicted molar refractivity (Wildman–Crippen MR) is 70.9 cm³/mol. The van der Waals surface area contributed by atoms with Crippen molar-refractivity contribution in [2.24, 2.45) is 0 Å². The minimum absolute atomic E-state index is 0.281. The molecule has 0 unspecified atom stereocenters. The summed E-state index contributed by atoms with van der Waals surface area (Å²) in [4.78, 5) is 0. The van der Waals surface area contributed by atoms with Crippen molar-refractivity contribution in [3.63, 3.8) is 0 Å². The third kappa shape index (κ3) is 3.78. The van der Waals surface area contributed by atoms with Gasteiger partial charge in [0.1, 0.15) is 6.10 Å². The van der Waals surface area contributed by atoms with E-state index in [1.165, 1.54) is 11.1 Å². The lowest BCUT2D eigenvalue weighted by atomic mass is 10.1. The van der Waals surface area contributed by atoms with Gasteiger partial charge in [-0.3, -0.25) is 0 Å². The molecule has 17 heavy (non-hydrogen) atoms. The van der Waals surface area contributed by atoms with E-state index in [9.17, 15) is 0 Å². The van der Waals surface area contributed by atoms with Crippen molar-refractivity contribution in [2.45, 2.75) is 26.2 Å². The normalized spacial score (nSPS) is 15.9. The number of halogens is 1. The molecule has 4 heteroatoms. The van der Waals surface area contributed by atoms with Gasteiger partial charge < -0.3 is 14.8 Å². The molecule has 0 amide bonds. The van der Waals surface area contributed by atoms with Gasteiger partial charge in [-0.25, -0.2) is 0 Å². The minimum Gasteiger partial charge on any atom is -0.376 e. The zero-order chi connectivity index (χ0) is 12.1. The van der Waals surface area contributed by atoms with Crippen molar-refractivity contribution in [3.8, 4) is 0 Å². The Balaban J connectivity index is 1.88. The fourth-order valence-electron chi connectivity index (χ4n) is 1.61. The van der Waals surface area contributed by atoms with Crippen LogP contribution in [0.3, 0.4) is 0 Å². The fourth-order valence-corrected chi connectivity index (χ4v) is 2.15. The van der Waals surface area contributed by atoms with Crippen LogP contribution in [0.25, 0.3) is 0 Å². The van der Waals surface area contributed by atoms with Gasteiger partial charge in [0.2, 0.25) is 0 Å². The lowest BCUT2D eigenvalue weighted by molar-refractivity contribution is -0.135. The van der Waals surface area contributed by atoms with E-state index in [2.05, 4.69) is 46.4 Å². The summed E-state index contributed by atoms with van der Waals surface area (Å²) in [5.74, 6) is 0. The molecule has 3 nitrogen and oxygen atoms in total. The first-order chi connectivity index (χ1) is 8.29. The molecule has 1 aromatic carbocycles. The van der Waals surface area contributed by atoms with Crippen molar-refractivity contribution in [3.05, 3.63) is 33.8 Å². The van der Waals surface area contributed by atoms with Crippen LogP contribution in [0.2, 0.25) is 0 Å². The van der Waals surface area contributed by atoms with Crippen LogP contribution in [0.4, 0.5) is 0 Å². The van der Waals surface area contributed by atoms with Crippen molar-refractivity contribution >= 4 is 15.9 Å². The van der Waals surface area contributed by atoms with Crippen molar-refractivity contribution < 1.29 is 9.47 Å². The maximum atomic E-state index is 5.70. The van der Waals surface area contributed by atoms with Gasteiger partial charge in [-0.2, -0.15) is 0 Å². The molecule has 1 aliphatic heterocycles. The van der Waals surface area contributed by atoms with E-state index in [0.717, 1.165) is 30.8 Å². The van der Waals surface area contributed by atoms with Gasteiger partial charge in [0.05, 0.1) is 19.8 Å². The van der Waals surface area contributed by atoms with Crippen LogP contribution < -0.4 is 5.32 Å². The molecule has 2 rings (SSSR count). The average Bonchev–Trinajstić information content (AvgIpc) is 2.27. The van der Waals surface area contributed by atoms with Gasteiger partial charge in [0.15, 0.2) is 0 Å². The second kappa shape index (κ2) is 6.50. The molecule has 1 aromatic rings. The van der Waals surface area contributed by atoms with Crippen molar-refractivity contribution in [1.29, 1.82) is 0 Å². The van der Waals surface area contributed by atoms with Crippen LogP contribution in [0.15, 0.2) is 22.7 Å². The number of ether oxygens (including phenoxy) is 2. The summed E-state index contributed by atoms with van der Waals surface area (Å²) >= 11 is 3.59. The van der Waals surface area contributed by atoms with Gasteiger partial charge in [-0.15, -0.1) is 0 Å². The fraction of sp³-hybridized carbons (Fsp3) is 0.538. The predicted octanol–water partition coefficient (Wildman–Crippen LogP) is 2.47. The molecule has 94 valence electrons. The monoisotopic (exact) mass is 299 g/mol. The largest absolute Gasteiger partial charge is 0.376 e. The first kappa shape index (κ1) is 13.0. The smallest absolute Gasteiger partial charge is 0.105 e. The Morgan fingerprint density at radius 3 is 2.88 bits per heavy atom. The van der Waals surface area contributed by atoms with E-state index in [4.69, 9.17) is 9.47 Å². The lowest BCUT2D eigenvalue weighted by Gasteiger charge is -2.26. The Bertz CT molecular complexity index is 366. The van der Waals surface area contributed by atoms with Gasteiger partial charge in [-0.1, -0.05) is 35.0 Å². The third-order valence-electron chi connectivity index (χ3n) is 2.78. The second-order valence-corrected chi connectivity index (χ2v) is 5.03. The Morgan fingerprint density at radius 1 is 1.47 bits per heavy atom. The van der Waals surface area contributed by atoms with Crippen LogP contribution in [0, 0.1) is 0 Å². The van der Waals surface area contributed by atoms with E-state index in [1.54, 1.807) is 0 Å². The first-order valence-corrected chi connectivity index (χ1v) is 6.76. The molecule has 0 saturated carbocycles. The van der Waals surface area contributed by atoms with E-state index in [-0.39, 0.29) is 6.10 Å². The molecule has 1 fully saturated rings. The molecule has 0 aliphatic carbocycles. The van der Waals surface area contributed by atoms with Gasteiger partial charge in [-0.05, 0) is 23.7 Å². The highest BCUT2D eigenvalue weighted by Gasteiger charge is 2.18. The van der Waals surface area contributed by atoms with Gasteiger partial charge >= 0.3 is 0 Å². The summed E-state index contributed by atoms with van der Waals surface area (Å²) < 4.78 is 11.9. The lowest BCUT2D eigenvalue weighted by Crippen LogP contribution is -2.35. The summed E-state index contributed by atoms with van der Waals surface area (Å²) in [5, 5.41) is 3.31. The van der Waals surface area contributed by atoms with Gasteiger partial charge in [0, 0.05) is 11.0 Å². The Labute approximate surface area is 111 Å². The zero-order valence-electron chi connectivity index (χ0n) is 10.0. The Kier molecular flexibility index (Phi) is 4.98. The van der Waals surface area contributed by atoms with E-state index in [0.29, 0.717) is 6.61 Å². The highest BCUT2D eigenvalue weighted by atomic mass is 79.9. The first-order valence-electron chi connectivity index (χ1n) is 5.97. The quantitative estimate of drug-likeness (QED) is 0.875. The van der Waals surface area contributed by atoms with Gasteiger partial charge in [0.25, 0.3) is 0 Å². The molecule has 0 radical (unpaired) electrons. The summed E-state index contributed by atoms with van der Waals surface area (Å²) in [6, 6.07) is 6.41. The molecular formula is C13H18BrNO2.